The maximum Gasteiger partial charge on any atom is 0.246 e. The van der Waals surface area contributed by atoms with Gasteiger partial charge in [-0.15, -0.1) is 0 Å². The van der Waals surface area contributed by atoms with Crippen molar-refractivity contribution in [1.29, 1.82) is 0 Å². The number of amides is 3. The summed E-state index contributed by atoms with van der Waals surface area (Å²) in [6.07, 6.45) is 5.21. The summed E-state index contributed by atoms with van der Waals surface area (Å²) < 4.78 is 0. The number of rotatable bonds is 12. The minimum atomic E-state index is -0.618. The van der Waals surface area contributed by atoms with E-state index in [4.69, 9.17) is 0 Å². The summed E-state index contributed by atoms with van der Waals surface area (Å²) in [4.78, 5) is 42.9. The van der Waals surface area contributed by atoms with Crippen LogP contribution in [0.3, 0.4) is 0 Å². The van der Waals surface area contributed by atoms with E-state index < -0.39 is 11.5 Å². The minimum absolute atomic E-state index is 0.0180. The first kappa shape index (κ1) is 28.8. The molecule has 0 aromatic heterocycles. The van der Waals surface area contributed by atoms with E-state index in [9.17, 15) is 14.4 Å². The van der Waals surface area contributed by atoms with Crippen LogP contribution < -0.4 is 10.6 Å². The molecule has 1 saturated heterocycles. The molecule has 1 aromatic carbocycles. The quantitative estimate of drug-likeness (QED) is 0.444. The van der Waals surface area contributed by atoms with Crippen molar-refractivity contribution in [3.05, 3.63) is 35.9 Å². The largest absolute Gasteiger partial charge is 0.342 e. The Morgan fingerprint density at radius 1 is 1.14 bits per heavy atom. The average molecular weight is 487 g/mol. The standard InChI is InChI=1S/C28H46N4O3/c1-7-24(33)31(18-12-11-16-22-14-9-8-10-15-22)20-23-17-13-19-32(23)27(35)25(28(3,4)5)30-26(34)21(2)29-6/h8-10,14-15,21,23,25,29H,7,11-13,16-20H2,1-6H3,(H,30,34)/t21-,23-,25+/m0/s1. The van der Waals surface area contributed by atoms with Crippen molar-refractivity contribution in [2.24, 2.45) is 5.41 Å². The Bertz CT molecular complexity index is 821. The lowest BCUT2D eigenvalue weighted by Gasteiger charge is -2.37. The highest BCUT2D eigenvalue weighted by Gasteiger charge is 2.40. The normalized spacial score (nSPS) is 17.7. The van der Waals surface area contributed by atoms with E-state index in [1.807, 2.05) is 43.6 Å². The van der Waals surface area contributed by atoms with Gasteiger partial charge in [0.1, 0.15) is 6.04 Å². The summed E-state index contributed by atoms with van der Waals surface area (Å²) in [6, 6.07) is 9.40. The third kappa shape index (κ3) is 8.64. The fourth-order valence-electron chi connectivity index (χ4n) is 4.60. The molecule has 0 saturated carbocycles. The highest BCUT2D eigenvalue weighted by Crippen LogP contribution is 2.26. The number of likely N-dealkylation sites (tertiary alicyclic amines) is 1. The number of carbonyl (C=O) groups excluding carboxylic acids is 3. The summed E-state index contributed by atoms with van der Waals surface area (Å²) in [7, 11) is 1.73. The second-order valence-corrected chi connectivity index (χ2v) is 10.8. The lowest BCUT2D eigenvalue weighted by Crippen LogP contribution is -2.59. The number of likely N-dealkylation sites (N-methyl/N-ethyl adjacent to an activating group) is 1. The summed E-state index contributed by atoms with van der Waals surface area (Å²) in [5.41, 5.74) is 0.889. The molecular formula is C28H46N4O3. The van der Waals surface area contributed by atoms with Crippen molar-refractivity contribution in [2.45, 2.75) is 91.3 Å². The van der Waals surface area contributed by atoms with Crippen molar-refractivity contribution in [1.82, 2.24) is 20.4 Å². The molecule has 0 unspecified atom stereocenters. The molecule has 35 heavy (non-hydrogen) atoms. The van der Waals surface area contributed by atoms with Crippen LogP contribution in [0.5, 0.6) is 0 Å². The van der Waals surface area contributed by atoms with Gasteiger partial charge in [-0.1, -0.05) is 58.0 Å². The van der Waals surface area contributed by atoms with Crippen LogP contribution >= 0.6 is 0 Å². The van der Waals surface area contributed by atoms with Crippen LogP contribution in [0, 0.1) is 5.41 Å². The molecule has 0 bridgehead atoms. The molecule has 196 valence electrons. The first-order chi connectivity index (χ1) is 16.6. The maximum atomic E-state index is 13.7. The fourth-order valence-corrected chi connectivity index (χ4v) is 4.60. The van der Waals surface area contributed by atoms with Crippen molar-refractivity contribution in [3.8, 4) is 0 Å². The predicted molar refractivity (Wildman–Crippen MR) is 141 cm³/mol. The summed E-state index contributed by atoms with van der Waals surface area (Å²) in [5.74, 6) is -0.102. The molecule has 0 aliphatic carbocycles. The molecule has 7 nitrogen and oxygen atoms in total. The van der Waals surface area contributed by atoms with Crippen molar-refractivity contribution >= 4 is 17.7 Å². The first-order valence-electron chi connectivity index (χ1n) is 13.2. The van der Waals surface area contributed by atoms with Crippen LogP contribution in [0.4, 0.5) is 0 Å². The van der Waals surface area contributed by atoms with Crippen LogP contribution in [-0.4, -0.2) is 72.3 Å². The van der Waals surface area contributed by atoms with E-state index in [-0.39, 0.29) is 29.8 Å². The number of hydrogen-bond acceptors (Lipinski definition) is 4. The van der Waals surface area contributed by atoms with E-state index in [0.717, 1.165) is 32.1 Å². The Kier molecular flexibility index (Phi) is 11.2. The van der Waals surface area contributed by atoms with E-state index in [2.05, 4.69) is 34.9 Å². The van der Waals surface area contributed by atoms with Gasteiger partial charge in [0.25, 0.3) is 0 Å². The lowest BCUT2D eigenvalue weighted by atomic mass is 9.85. The first-order valence-corrected chi connectivity index (χ1v) is 13.2. The molecule has 1 fully saturated rings. The summed E-state index contributed by atoms with van der Waals surface area (Å²) >= 11 is 0. The van der Waals surface area contributed by atoms with Crippen LogP contribution in [0.2, 0.25) is 0 Å². The maximum absolute atomic E-state index is 13.7. The molecule has 1 aliphatic heterocycles. The zero-order valence-electron chi connectivity index (χ0n) is 22.6. The molecule has 2 rings (SSSR count). The van der Waals surface area contributed by atoms with Gasteiger partial charge in [0.05, 0.1) is 6.04 Å². The third-order valence-electron chi connectivity index (χ3n) is 6.96. The highest BCUT2D eigenvalue weighted by atomic mass is 16.2. The van der Waals surface area contributed by atoms with E-state index in [1.165, 1.54) is 5.56 Å². The molecular weight excluding hydrogens is 440 g/mol. The molecule has 7 heteroatoms. The van der Waals surface area contributed by atoms with Gasteiger partial charge in [-0.05, 0) is 57.1 Å². The van der Waals surface area contributed by atoms with Gasteiger partial charge in [0, 0.05) is 32.1 Å². The van der Waals surface area contributed by atoms with Gasteiger partial charge in [0.2, 0.25) is 17.7 Å². The highest BCUT2D eigenvalue weighted by molar-refractivity contribution is 5.90. The van der Waals surface area contributed by atoms with Crippen molar-refractivity contribution < 1.29 is 14.4 Å². The number of aryl methyl sites for hydroxylation is 1. The number of hydrogen-bond donors (Lipinski definition) is 2. The molecule has 3 atom stereocenters. The second kappa shape index (κ2) is 13.6. The Morgan fingerprint density at radius 3 is 2.43 bits per heavy atom. The predicted octanol–water partition coefficient (Wildman–Crippen LogP) is 3.38. The minimum Gasteiger partial charge on any atom is -0.342 e. The molecule has 2 N–H and O–H groups in total. The zero-order valence-corrected chi connectivity index (χ0v) is 22.6. The van der Waals surface area contributed by atoms with Gasteiger partial charge in [-0.2, -0.15) is 0 Å². The smallest absolute Gasteiger partial charge is 0.246 e. The monoisotopic (exact) mass is 486 g/mol. The van der Waals surface area contributed by atoms with Gasteiger partial charge < -0.3 is 20.4 Å². The number of carbonyl (C=O) groups is 3. The fraction of sp³-hybridized carbons (Fsp3) is 0.679. The van der Waals surface area contributed by atoms with Crippen molar-refractivity contribution in [3.63, 3.8) is 0 Å². The van der Waals surface area contributed by atoms with E-state index in [1.54, 1.807) is 14.0 Å². The molecule has 1 heterocycles. The van der Waals surface area contributed by atoms with Crippen LogP contribution in [0.15, 0.2) is 30.3 Å². The lowest BCUT2D eigenvalue weighted by molar-refractivity contribution is -0.142. The van der Waals surface area contributed by atoms with E-state index >= 15 is 0 Å². The van der Waals surface area contributed by atoms with Gasteiger partial charge in [0.15, 0.2) is 0 Å². The molecule has 0 spiro atoms. The Labute approximate surface area is 212 Å². The zero-order chi connectivity index (χ0) is 26.0. The Hall–Kier alpha value is -2.41. The average Bonchev–Trinajstić information content (AvgIpc) is 3.30. The SMILES string of the molecule is CCC(=O)N(CCCCc1ccccc1)C[C@@H]1CCCN1C(=O)[C@@H](NC(=O)[C@H](C)NC)C(C)(C)C. The van der Waals surface area contributed by atoms with Crippen LogP contribution in [0.1, 0.15) is 72.3 Å². The van der Waals surface area contributed by atoms with Crippen LogP contribution in [0.25, 0.3) is 0 Å². The third-order valence-corrected chi connectivity index (χ3v) is 6.96. The molecule has 1 aliphatic rings. The summed E-state index contributed by atoms with van der Waals surface area (Å²) in [5, 5.41) is 5.91. The number of unbranched alkanes of at least 4 members (excludes halogenated alkanes) is 1. The number of nitrogens with one attached hydrogen (secondary N) is 2. The molecule has 0 radical (unpaired) electrons. The van der Waals surface area contributed by atoms with Gasteiger partial charge >= 0.3 is 0 Å². The van der Waals surface area contributed by atoms with Gasteiger partial charge in [-0.25, -0.2) is 0 Å². The van der Waals surface area contributed by atoms with Crippen LogP contribution in [-0.2, 0) is 20.8 Å². The number of benzene rings is 1. The number of nitrogens with zero attached hydrogens (tertiary/aromatic N) is 2. The molecule has 3 amide bonds. The van der Waals surface area contributed by atoms with Crippen molar-refractivity contribution in [2.75, 3.05) is 26.7 Å². The summed E-state index contributed by atoms with van der Waals surface area (Å²) in [6.45, 7) is 11.5. The second-order valence-electron chi connectivity index (χ2n) is 10.8. The topological polar surface area (TPSA) is 81.8 Å². The van der Waals surface area contributed by atoms with E-state index in [0.29, 0.717) is 26.1 Å². The Balaban J connectivity index is 2.04. The molecule has 1 aromatic rings. The van der Waals surface area contributed by atoms with Gasteiger partial charge in [-0.3, -0.25) is 14.4 Å². The Morgan fingerprint density at radius 2 is 1.83 bits per heavy atom.